The van der Waals surface area contributed by atoms with Gasteiger partial charge in [0.1, 0.15) is 17.9 Å². The molecule has 28 heavy (non-hydrogen) atoms. The van der Waals surface area contributed by atoms with Gasteiger partial charge in [-0.2, -0.15) is 0 Å². The van der Waals surface area contributed by atoms with Crippen molar-refractivity contribution in [1.82, 2.24) is 25.0 Å². The molecule has 4 rings (SSSR count). The topological polar surface area (TPSA) is 76.2 Å². The standard InChI is InChI=1S/C21H25N5O2/c1-16-4-2-3-5-17(16)14-25-10-7-20-24-23-19(26(20)12-11-25)6-9-22-21(27)18-8-13-28-15-18/h2-5,8,13,15H,6-7,9-12,14H2,1H3,(H,22,27). The van der Waals surface area contributed by atoms with E-state index in [0.717, 1.165) is 44.2 Å². The van der Waals surface area contributed by atoms with Crippen molar-refractivity contribution in [3.63, 3.8) is 0 Å². The summed E-state index contributed by atoms with van der Waals surface area (Å²) in [5.74, 6) is 1.83. The van der Waals surface area contributed by atoms with E-state index in [0.29, 0.717) is 18.5 Å². The van der Waals surface area contributed by atoms with Crippen LogP contribution in [-0.4, -0.2) is 45.2 Å². The summed E-state index contributed by atoms with van der Waals surface area (Å²) in [5.41, 5.74) is 3.24. The molecule has 7 nitrogen and oxygen atoms in total. The van der Waals surface area contributed by atoms with Crippen LogP contribution in [0.5, 0.6) is 0 Å². The normalized spacial score (nSPS) is 14.5. The summed E-state index contributed by atoms with van der Waals surface area (Å²) in [4.78, 5) is 14.5. The maximum absolute atomic E-state index is 12.0. The molecule has 0 spiro atoms. The largest absolute Gasteiger partial charge is 0.472 e. The van der Waals surface area contributed by atoms with Crippen LogP contribution in [0.3, 0.4) is 0 Å². The van der Waals surface area contributed by atoms with Crippen molar-refractivity contribution in [2.24, 2.45) is 0 Å². The highest BCUT2D eigenvalue weighted by molar-refractivity contribution is 5.93. The van der Waals surface area contributed by atoms with E-state index in [1.807, 2.05) is 0 Å². The van der Waals surface area contributed by atoms with Gasteiger partial charge in [-0.25, -0.2) is 0 Å². The monoisotopic (exact) mass is 379 g/mol. The summed E-state index contributed by atoms with van der Waals surface area (Å²) in [6.45, 7) is 6.46. The van der Waals surface area contributed by atoms with Crippen molar-refractivity contribution >= 4 is 5.91 Å². The minimum absolute atomic E-state index is 0.131. The fraction of sp³-hybridized carbons (Fsp3) is 0.381. The second-order valence-corrected chi connectivity index (χ2v) is 7.15. The SMILES string of the molecule is Cc1ccccc1CN1CCc2nnc(CCNC(=O)c3ccoc3)n2CC1. The third-order valence-electron chi connectivity index (χ3n) is 5.27. The predicted molar refractivity (Wildman–Crippen MR) is 105 cm³/mol. The number of benzene rings is 1. The molecule has 3 heterocycles. The van der Waals surface area contributed by atoms with Gasteiger partial charge in [-0.15, -0.1) is 10.2 Å². The number of nitrogens with one attached hydrogen (secondary N) is 1. The Kier molecular flexibility index (Phi) is 5.53. The number of aryl methyl sites for hydroxylation is 1. The number of fused-ring (bicyclic) bond motifs is 1. The summed E-state index contributed by atoms with van der Waals surface area (Å²) in [5, 5.41) is 11.6. The Bertz CT molecular complexity index is 932. The minimum atomic E-state index is -0.131. The van der Waals surface area contributed by atoms with E-state index in [1.165, 1.54) is 23.7 Å². The van der Waals surface area contributed by atoms with Gasteiger partial charge in [0.15, 0.2) is 0 Å². The number of rotatable bonds is 6. The number of carbonyl (C=O) groups excluding carboxylic acids is 1. The van der Waals surface area contributed by atoms with Gasteiger partial charge in [0.2, 0.25) is 0 Å². The fourth-order valence-corrected chi connectivity index (χ4v) is 3.58. The molecule has 1 amide bonds. The second-order valence-electron chi connectivity index (χ2n) is 7.15. The first-order chi connectivity index (χ1) is 13.7. The number of carbonyl (C=O) groups is 1. The summed E-state index contributed by atoms with van der Waals surface area (Å²) >= 11 is 0. The van der Waals surface area contributed by atoms with Crippen molar-refractivity contribution in [3.05, 3.63) is 71.2 Å². The zero-order chi connectivity index (χ0) is 19.3. The Morgan fingerprint density at radius 3 is 2.89 bits per heavy atom. The lowest BCUT2D eigenvalue weighted by Crippen LogP contribution is -2.28. The van der Waals surface area contributed by atoms with E-state index in [4.69, 9.17) is 4.42 Å². The molecule has 0 saturated heterocycles. The van der Waals surface area contributed by atoms with Crippen LogP contribution in [0.25, 0.3) is 0 Å². The van der Waals surface area contributed by atoms with E-state index in [1.54, 1.807) is 6.07 Å². The van der Waals surface area contributed by atoms with E-state index in [9.17, 15) is 4.79 Å². The van der Waals surface area contributed by atoms with E-state index in [2.05, 4.69) is 56.2 Å². The highest BCUT2D eigenvalue weighted by Crippen LogP contribution is 2.15. The summed E-state index contributed by atoms with van der Waals surface area (Å²) in [6, 6.07) is 10.2. The molecule has 2 aromatic heterocycles. The average molecular weight is 379 g/mol. The molecule has 3 aromatic rings. The van der Waals surface area contributed by atoms with Crippen molar-refractivity contribution in [3.8, 4) is 0 Å². The average Bonchev–Trinajstić information content (AvgIpc) is 3.32. The zero-order valence-electron chi connectivity index (χ0n) is 16.1. The lowest BCUT2D eigenvalue weighted by Gasteiger charge is -2.20. The van der Waals surface area contributed by atoms with Crippen LogP contribution >= 0.6 is 0 Å². The molecule has 1 N–H and O–H groups in total. The van der Waals surface area contributed by atoms with Crippen LogP contribution in [0.15, 0.2) is 47.3 Å². The van der Waals surface area contributed by atoms with Crippen molar-refractivity contribution in [1.29, 1.82) is 0 Å². The van der Waals surface area contributed by atoms with Crippen LogP contribution in [0, 0.1) is 6.92 Å². The molecular weight excluding hydrogens is 354 g/mol. The zero-order valence-corrected chi connectivity index (χ0v) is 16.1. The molecule has 0 bridgehead atoms. The molecule has 0 aliphatic carbocycles. The molecule has 1 aromatic carbocycles. The Balaban J connectivity index is 1.33. The third kappa shape index (κ3) is 4.14. The first kappa shape index (κ1) is 18.4. The van der Waals surface area contributed by atoms with E-state index in [-0.39, 0.29) is 5.91 Å². The molecule has 0 saturated carbocycles. The van der Waals surface area contributed by atoms with Crippen LogP contribution in [0.2, 0.25) is 0 Å². The number of hydrogen-bond donors (Lipinski definition) is 1. The number of nitrogens with zero attached hydrogens (tertiary/aromatic N) is 4. The van der Waals surface area contributed by atoms with Crippen molar-refractivity contribution in [2.45, 2.75) is 32.9 Å². The highest BCUT2D eigenvalue weighted by Gasteiger charge is 2.19. The molecule has 0 unspecified atom stereocenters. The van der Waals surface area contributed by atoms with E-state index >= 15 is 0 Å². The molecule has 0 fully saturated rings. The van der Waals surface area contributed by atoms with Crippen LogP contribution in [-0.2, 0) is 25.9 Å². The van der Waals surface area contributed by atoms with Crippen molar-refractivity contribution in [2.75, 3.05) is 19.6 Å². The fourth-order valence-electron chi connectivity index (χ4n) is 3.58. The first-order valence-electron chi connectivity index (χ1n) is 9.69. The van der Waals surface area contributed by atoms with Gasteiger partial charge in [0, 0.05) is 45.6 Å². The second kappa shape index (κ2) is 8.39. The molecule has 0 radical (unpaired) electrons. The number of aromatic nitrogens is 3. The van der Waals surface area contributed by atoms with E-state index < -0.39 is 0 Å². The molecule has 1 aliphatic heterocycles. The summed E-state index contributed by atoms with van der Waals surface area (Å²) in [7, 11) is 0. The maximum Gasteiger partial charge on any atom is 0.254 e. The van der Waals surface area contributed by atoms with Crippen LogP contribution < -0.4 is 5.32 Å². The Morgan fingerprint density at radius 2 is 2.07 bits per heavy atom. The Morgan fingerprint density at radius 1 is 1.18 bits per heavy atom. The number of furan rings is 1. The summed E-state index contributed by atoms with van der Waals surface area (Å²) < 4.78 is 7.15. The van der Waals surface area contributed by atoms with Gasteiger partial charge in [-0.05, 0) is 24.1 Å². The first-order valence-corrected chi connectivity index (χ1v) is 9.69. The van der Waals surface area contributed by atoms with Gasteiger partial charge in [-0.1, -0.05) is 24.3 Å². The predicted octanol–water partition coefficient (Wildman–Crippen LogP) is 2.21. The lowest BCUT2D eigenvalue weighted by atomic mass is 10.1. The minimum Gasteiger partial charge on any atom is -0.472 e. The third-order valence-corrected chi connectivity index (χ3v) is 5.27. The molecule has 146 valence electrons. The van der Waals surface area contributed by atoms with Gasteiger partial charge in [0.25, 0.3) is 5.91 Å². The van der Waals surface area contributed by atoms with Crippen LogP contribution in [0.4, 0.5) is 0 Å². The number of hydrogen-bond acceptors (Lipinski definition) is 5. The van der Waals surface area contributed by atoms with Gasteiger partial charge in [0.05, 0.1) is 11.8 Å². The van der Waals surface area contributed by atoms with Gasteiger partial charge < -0.3 is 14.3 Å². The van der Waals surface area contributed by atoms with Crippen molar-refractivity contribution < 1.29 is 9.21 Å². The quantitative estimate of drug-likeness (QED) is 0.711. The van der Waals surface area contributed by atoms with Gasteiger partial charge in [-0.3, -0.25) is 9.69 Å². The summed E-state index contributed by atoms with van der Waals surface area (Å²) in [6.07, 6.45) is 4.49. The smallest absolute Gasteiger partial charge is 0.254 e. The highest BCUT2D eigenvalue weighted by atomic mass is 16.3. The lowest BCUT2D eigenvalue weighted by molar-refractivity contribution is 0.0953. The maximum atomic E-state index is 12.0. The molecule has 7 heteroatoms. The van der Waals surface area contributed by atoms with Crippen LogP contribution in [0.1, 0.15) is 33.1 Å². The Hall–Kier alpha value is -2.93. The molecule has 1 aliphatic rings. The van der Waals surface area contributed by atoms with Gasteiger partial charge >= 0.3 is 0 Å². The molecular formula is C21H25N5O2. The Labute approximate surface area is 164 Å². The number of amides is 1. The molecule has 0 atom stereocenters.